The van der Waals surface area contributed by atoms with Crippen molar-refractivity contribution in [3.63, 3.8) is 0 Å². The van der Waals surface area contributed by atoms with Crippen molar-refractivity contribution in [1.29, 1.82) is 0 Å². The van der Waals surface area contributed by atoms with E-state index in [4.69, 9.17) is 0 Å². The van der Waals surface area contributed by atoms with Gasteiger partial charge in [-0.05, 0) is 35.0 Å². The second kappa shape index (κ2) is 8.41. The Bertz CT molecular complexity index is 1170. The third kappa shape index (κ3) is 4.15. The van der Waals surface area contributed by atoms with E-state index in [2.05, 4.69) is 5.32 Å². The average Bonchev–Trinajstić information content (AvgIpc) is 2.78. The molecule has 0 atom stereocenters. The van der Waals surface area contributed by atoms with Crippen molar-refractivity contribution in [3.8, 4) is 0 Å². The van der Waals surface area contributed by atoms with E-state index in [1.165, 1.54) is 10.4 Å². The smallest absolute Gasteiger partial charge is 0.243 e. The number of benzene rings is 3. The Morgan fingerprint density at radius 3 is 2.30 bits per heavy atom. The van der Waals surface area contributed by atoms with Crippen LogP contribution in [0.4, 0.5) is 10.1 Å². The van der Waals surface area contributed by atoms with Gasteiger partial charge in [-0.15, -0.1) is 0 Å². The summed E-state index contributed by atoms with van der Waals surface area (Å²) in [5.41, 5.74) is 0.267. The van der Waals surface area contributed by atoms with E-state index in [0.717, 1.165) is 10.8 Å². The summed E-state index contributed by atoms with van der Waals surface area (Å²) in [7, 11) is -3.63. The third-order valence-corrected chi connectivity index (χ3v) is 7.15. The maximum Gasteiger partial charge on any atom is 0.243 e. The summed E-state index contributed by atoms with van der Waals surface area (Å²) < 4.78 is 41.1. The molecule has 1 heterocycles. The fraction of sp³-hybridized carbons (Fsp3) is 0.227. The van der Waals surface area contributed by atoms with Crippen LogP contribution in [0.1, 0.15) is 0 Å². The topological polar surface area (TPSA) is 69.7 Å². The quantitative estimate of drug-likeness (QED) is 0.680. The van der Waals surface area contributed by atoms with Crippen LogP contribution < -0.4 is 5.32 Å². The van der Waals surface area contributed by atoms with Crippen LogP contribution in [0.5, 0.6) is 0 Å². The lowest BCUT2D eigenvalue weighted by Gasteiger charge is -2.34. The molecule has 0 saturated carbocycles. The standard InChI is InChI=1S/C22H22FN3O3S/c23-20-7-3-4-8-21(20)24-16-22(27)25-11-13-26(14-12-25)30(28,29)19-10-9-17-5-1-2-6-18(17)15-19/h1-10,15,24H,11-14,16H2. The normalized spacial score (nSPS) is 15.3. The zero-order valence-corrected chi connectivity index (χ0v) is 17.1. The molecular weight excluding hydrogens is 405 g/mol. The van der Waals surface area contributed by atoms with Crippen molar-refractivity contribution in [2.75, 3.05) is 38.0 Å². The molecule has 0 radical (unpaired) electrons. The average molecular weight is 428 g/mol. The maximum atomic E-state index is 13.7. The van der Waals surface area contributed by atoms with Crippen molar-refractivity contribution in [1.82, 2.24) is 9.21 Å². The number of carbonyl (C=O) groups excluding carboxylic acids is 1. The molecule has 1 aliphatic heterocycles. The number of carbonyl (C=O) groups is 1. The van der Waals surface area contributed by atoms with Gasteiger partial charge in [0, 0.05) is 26.2 Å². The van der Waals surface area contributed by atoms with Gasteiger partial charge in [0.15, 0.2) is 0 Å². The van der Waals surface area contributed by atoms with Gasteiger partial charge in [-0.25, -0.2) is 12.8 Å². The van der Waals surface area contributed by atoms with E-state index in [9.17, 15) is 17.6 Å². The Morgan fingerprint density at radius 2 is 1.57 bits per heavy atom. The number of para-hydroxylation sites is 1. The molecule has 6 nitrogen and oxygen atoms in total. The van der Waals surface area contributed by atoms with Crippen molar-refractivity contribution in [2.45, 2.75) is 4.90 Å². The lowest BCUT2D eigenvalue weighted by molar-refractivity contribution is -0.130. The number of hydrogen-bond donors (Lipinski definition) is 1. The highest BCUT2D eigenvalue weighted by atomic mass is 32.2. The highest BCUT2D eigenvalue weighted by molar-refractivity contribution is 7.89. The summed E-state index contributed by atoms with van der Waals surface area (Å²) in [4.78, 5) is 14.3. The predicted molar refractivity (Wildman–Crippen MR) is 114 cm³/mol. The minimum Gasteiger partial charge on any atom is -0.374 e. The molecule has 30 heavy (non-hydrogen) atoms. The maximum absolute atomic E-state index is 13.7. The number of hydrogen-bond acceptors (Lipinski definition) is 4. The molecule has 3 aromatic carbocycles. The van der Waals surface area contributed by atoms with Crippen molar-refractivity contribution >= 4 is 32.4 Å². The van der Waals surface area contributed by atoms with Crippen LogP contribution >= 0.6 is 0 Å². The molecule has 1 amide bonds. The van der Waals surface area contributed by atoms with E-state index in [0.29, 0.717) is 13.1 Å². The van der Waals surface area contributed by atoms with Crippen LogP contribution in [0.25, 0.3) is 10.8 Å². The van der Waals surface area contributed by atoms with Gasteiger partial charge in [0.05, 0.1) is 17.1 Å². The summed E-state index contributed by atoms with van der Waals surface area (Å²) in [6.07, 6.45) is 0. The van der Waals surface area contributed by atoms with E-state index in [1.807, 2.05) is 24.3 Å². The number of piperazine rings is 1. The van der Waals surface area contributed by atoms with E-state index < -0.39 is 15.8 Å². The first-order chi connectivity index (χ1) is 14.4. The second-order valence-electron chi connectivity index (χ2n) is 7.13. The fourth-order valence-electron chi connectivity index (χ4n) is 3.54. The Kier molecular flexibility index (Phi) is 5.69. The van der Waals surface area contributed by atoms with E-state index >= 15 is 0 Å². The van der Waals surface area contributed by atoms with Gasteiger partial charge in [-0.2, -0.15) is 4.31 Å². The van der Waals surface area contributed by atoms with Gasteiger partial charge in [0.25, 0.3) is 0 Å². The highest BCUT2D eigenvalue weighted by Gasteiger charge is 2.30. The first-order valence-electron chi connectivity index (χ1n) is 9.70. The zero-order valence-electron chi connectivity index (χ0n) is 16.3. The molecule has 156 valence electrons. The largest absolute Gasteiger partial charge is 0.374 e. The van der Waals surface area contributed by atoms with Gasteiger partial charge in [-0.3, -0.25) is 4.79 Å². The molecule has 0 spiro atoms. The Morgan fingerprint density at radius 1 is 0.900 bits per heavy atom. The van der Waals surface area contributed by atoms with Crippen LogP contribution in [0.3, 0.4) is 0 Å². The van der Waals surface area contributed by atoms with E-state index in [-0.39, 0.29) is 36.1 Å². The minimum atomic E-state index is -3.63. The van der Waals surface area contributed by atoms with Crippen LogP contribution in [-0.4, -0.2) is 56.3 Å². The van der Waals surface area contributed by atoms with Gasteiger partial charge in [-0.1, -0.05) is 42.5 Å². The number of nitrogens with one attached hydrogen (secondary N) is 1. The van der Waals surface area contributed by atoms with Crippen LogP contribution in [0.15, 0.2) is 71.6 Å². The molecule has 0 aliphatic carbocycles. The predicted octanol–water partition coefficient (Wildman–Crippen LogP) is 2.92. The van der Waals surface area contributed by atoms with Crippen LogP contribution in [0.2, 0.25) is 0 Å². The van der Waals surface area contributed by atoms with E-state index in [1.54, 1.807) is 41.3 Å². The zero-order chi connectivity index (χ0) is 21.1. The van der Waals surface area contributed by atoms with Crippen LogP contribution in [-0.2, 0) is 14.8 Å². The highest BCUT2D eigenvalue weighted by Crippen LogP contribution is 2.23. The lowest BCUT2D eigenvalue weighted by Crippen LogP contribution is -2.51. The Balaban J connectivity index is 1.38. The Labute approximate surface area is 175 Å². The molecule has 8 heteroatoms. The van der Waals surface area contributed by atoms with Crippen molar-refractivity contribution in [2.24, 2.45) is 0 Å². The molecule has 1 saturated heterocycles. The summed E-state index contributed by atoms with van der Waals surface area (Å²) >= 11 is 0. The first kappa shape index (κ1) is 20.3. The number of rotatable bonds is 5. The number of fused-ring (bicyclic) bond motifs is 1. The molecule has 1 N–H and O–H groups in total. The fourth-order valence-corrected chi connectivity index (χ4v) is 5.00. The number of halogens is 1. The summed E-state index contributed by atoms with van der Waals surface area (Å²) in [6.45, 7) is 0.995. The SMILES string of the molecule is O=C(CNc1ccccc1F)N1CCN(S(=O)(=O)c2ccc3ccccc3c2)CC1. The third-order valence-electron chi connectivity index (χ3n) is 5.25. The minimum absolute atomic E-state index is 0.0433. The molecule has 0 bridgehead atoms. The number of sulfonamides is 1. The molecule has 1 aliphatic rings. The molecule has 0 unspecified atom stereocenters. The molecule has 3 aromatic rings. The second-order valence-corrected chi connectivity index (χ2v) is 9.07. The lowest BCUT2D eigenvalue weighted by atomic mass is 10.1. The van der Waals surface area contributed by atoms with Crippen molar-refractivity contribution < 1.29 is 17.6 Å². The molecule has 0 aromatic heterocycles. The van der Waals surface area contributed by atoms with Gasteiger partial charge >= 0.3 is 0 Å². The number of nitrogens with zero attached hydrogens (tertiary/aromatic N) is 2. The summed E-state index contributed by atoms with van der Waals surface area (Å²) in [5, 5.41) is 4.64. The first-order valence-corrected chi connectivity index (χ1v) is 11.1. The van der Waals surface area contributed by atoms with Crippen LogP contribution in [0, 0.1) is 5.82 Å². The van der Waals surface area contributed by atoms with Gasteiger partial charge < -0.3 is 10.2 Å². The summed E-state index contributed by atoms with van der Waals surface area (Å²) in [6, 6.07) is 18.9. The van der Waals surface area contributed by atoms with Gasteiger partial charge in [0.1, 0.15) is 5.82 Å². The number of anilines is 1. The summed E-state index contributed by atoms with van der Waals surface area (Å²) in [5.74, 6) is -0.613. The molecule has 4 rings (SSSR count). The monoisotopic (exact) mass is 427 g/mol. The molecular formula is C22H22FN3O3S. The van der Waals surface area contributed by atoms with Crippen molar-refractivity contribution in [3.05, 3.63) is 72.5 Å². The molecule has 1 fully saturated rings. The van der Waals surface area contributed by atoms with Gasteiger partial charge in [0.2, 0.25) is 15.9 Å². The Hall–Kier alpha value is -2.97. The number of amides is 1.